The normalized spacial score (nSPS) is 29.1. The molecule has 2 aliphatic heterocycles. The van der Waals surface area contributed by atoms with Gasteiger partial charge in [-0.05, 0) is 26.2 Å². The molecule has 4 nitrogen and oxygen atoms in total. The van der Waals surface area contributed by atoms with Crippen LogP contribution >= 0.6 is 0 Å². The summed E-state index contributed by atoms with van der Waals surface area (Å²) in [5.41, 5.74) is 0. The summed E-state index contributed by atoms with van der Waals surface area (Å²) < 4.78 is -0.0790. The van der Waals surface area contributed by atoms with E-state index in [4.69, 9.17) is 0 Å². The van der Waals surface area contributed by atoms with Gasteiger partial charge in [0.25, 0.3) is 0 Å². The number of nitrogens with zero attached hydrogens (tertiary/aromatic N) is 2. The molecule has 0 aromatic heterocycles. The highest BCUT2D eigenvalue weighted by atomic mass is 16.6. The molecule has 0 aromatic carbocycles. The molecule has 0 radical (unpaired) electrons. The number of quaternary nitrogens is 2. The van der Waals surface area contributed by atoms with Gasteiger partial charge in [-0.2, -0.15) is 0 Å². The second kappa shape index (κ2) is 5.22. The van der Waals surface area contributed by atoms with E-state index in [0.717, 1.165) is 58.3 Å². The summed E-state index contributed by atoms with van der Waals surface area (Å²) in [5, 5.41) is 24.8. The molecule has 2 saturated heterocycles. The summed E-state index contributed by atoms with van der Waals surface area (Å²) >= 11 is 0. The molecule has 2 rings (SSSR count). The molecule has 1 atom stereocenters. The van der Waals surface area contributed by atoms with E-state index in [1.54, 1.807) is 0 Å². The van der Waals surface area contributed by atoms with Crippen molar-refractivity contribution in [3.05, 3.63) is 10.4 Å². The van der Waals surface area contributed by atoms with Gasteiger partial charge in [-0.25, -0.2) is 0 Å². The van der Waals surface area contributed by atoms with Crippen molar-refractivity contribution in [1.82, 2.24) is 0 Å². The van der Waals surface area contributed by atoms with Crippen molar-refractivity contribution in [2.45, 2.75) is 51.5 Å². The molecule has 2 fully saturated rings. The third-order valence-corrected chi connectivity index (χ3v) is 4.71. The Labute approximate surface area is 105 Å². The number of hydrogen-bond acceptors (Lipinski definition) is 2. The van der Waals surface area contributed by atoms with Gasteiger partial charge in [0.1, 0.15) is 0 Å². The van der Waals surface area contributed by atoms with E-state index < -0.39 is 0 Å². The quantitative estimate of drug-likeness (QED) is 0.561. The SMILES string of the molecule is CC(CC[N+]1([O-])CCCC1)[N+]1([O-])CCCCC1. The lowest BCUT2D eigenvalue weighted by molar-refractivity contribution is -0.916. The van der Waals surface area contributed by atoms with Crippen molar-refractivity contribution in [3.8, 4) is 0 Å². The van der Waals surface area contributed by atoms with Crippen molar-refractivity contribution in [2.75, 3.05) is 32.7 Å². The molecule has 0 aliphatic carbocycles. The Morgan fingerprint density at radius 1 is 0.882 bits per heavy atom. The summed E-state index contributed by atoms with van der Waals surface area (Å²) in [4.78, 5) is 0. The van der Waals surface area contributed by atoms with E-state index in [2.05, 4.69) is 0 Å². The van der Waals surface area contributed by atoms with Crippen LogP contribution in [-0.2, 0) is 0 Å². The molecule has 0 bridgehead atoms. The van der Waals surface area contributed by atoms with Gasteiger partial charge in [-0.1, -0.05) is 0 Å². The van der Waals surface area contributed by atoms with Crippen LogP contribution in [0.3, 0.4) is 0 Å². The minimum atomic E-state index is -0.0417. The number of likely N-dealkylation sites (tertiary alicyclic amines) is 2. The van der Waals surface area contributed by atoms with Gasteiger partial charge in [0.15, 0.2) is 0 Å². The maximum absolute atomic E-state index is 12.6. The molecule has 2 aliphatic rings. The zero-order valence-electron chi connectivity index (χ0n) is 11.1. The summed E-state index contributed by atoms with van der Waals surface area (Å²) in [7, 11) is 0. The first-order valence-corrected chi connectivity index (χ1v) is 7.19. The number of rotatable bonds is 4. The Balaban J connectivity index is 1.81. The van der Waals surface area contributed by atoms with E-state index in [-0.39, 0.29) is 15.3 Å². The first-order valence-electron chi connectivity index (χ1n) is 7.19. The number of piperidine rings is 1. The molecule has 4 heteroatoms. The predicted molar refractivity (Wildman–Crippen MR) is 68.8 cm³/mol. The summed E-state index contributed by atoms with van der Waals surface area (Å²) in [6, 6.07) is 0.111. The van der Waals surface area contributed by atoms with Crippen molar-refractivity contribution in [3.63, 3.8) is 0 Å². The van der Waals surface area contributed by atoms with Crippen molar-refractivity contribution in [1.29, 1.82) is 0 Å². The second-order valence-electron chi connectivity index (χ2n) is 6.03. The highest BCUT2D eigenvalue weighted by molar-refractivity contribution is 4.63. The molecule has 0 saturated carbocycles. The minimum absolute atomic E-state index is 0.0374. The van der Waals surface area contributed by atoms with Crippen LogP contribution in [0.2, 0.25) is 0 Å². The predicted octanol–water partition coefficient (Wildman–Crippen LogP) is 2.37. The molecule has 0 aromatic rings. The molecular weight excluding hydrogens is 216 g/mol. The van der Waals surface area contributed by atoms with E-state index in [0.29, 0.717) is 6.54 Å². The van der Waals surface area contributed by atoms with Gasteiger partial charge in [0, 0.05) is 19.3 Å². The van der Waals surface area contributed by atoms with Crippen LogP contribution in [0.25, 0.3) is 0 Å². The van der Waals surface area contributed by atoms with Gasteiger partial charge in [0.05, 0.1) is 38.8 Å². The van der Waals surface area contributed by atoms with Crippen LogP contribution in [0.15, 0.2) is 0 Å². The number of hydrogen-bond donors (Lipinski definition) is 0. The Morgan fingerprint density at radius 3 is 2.00 bits per heavy atom. The third kappa shape index (κ3) is 3.19. The average molecular weight is 242 g/mol. The zero-order valence-corrected chi connectivity index (χ0v) is 11.1. The van der Waals surface area contributed by atoms with Crippen LogP contribution < -0.4 is 0 Å². The highest BCUT2D eigenvalue weighted by Gasteiger charge is 2.30. The van der Waals surface area contributed by atoms with E-state index >= 15 is 0 Å². The van der Waals surface area contributed by atoms with Crippen LogP contribution in [0, 0.1) is 10.4 Å². The topological polar surface area (TPSA) is 46.1 Å². The maximum Gasteiger partial charge on any atom is 0.0913 e. The standard InChI is InChI=1S/C13H26N2O2/c1-13(15(17)10-3-2-4-11-15)7-12-14(16)8-5-6-9-14/h13H,2-12H2,1H3. The minimum Gasteiger partial charge on any atom is -0.633 e. The first-order chi connectivity index (χ1) is 8.04. The van der Waals surface area contributed by atoms with Gasteiger partial charge in [-0.3, -0.25) is 0 Å². The van der Waals surface area contributed by atoms with E-state index in [1.165, 1.54) is 6.42 Å². The summed E-state index contributed by atoms with van der Waals surface area (Å²) in [6.07, 6.45) is 6.25. The fourth-order valence-electron chi connectivity index (χ4n) is 3.28. The smallest absolute Gasteiger partial charge is 0.0913 e. The highest BCUT2D eigenvalue weighted by Crippen LogP contribution is 2.25. The Bertz CT molecular complexity index is 246. The van der Waals surface area contributed by atoms with E-state index in [1.807, 2.05) is 6.92 Å². The van der Waals surface area contributed by atoms with E-state index in [9.17, 15) is 10.4 Å². The average Bonchev–Trinajstić information content (AvgIpc) is 2.75. The molecule has 17 heavy (non-hydrogen) atoms. The zero-order chi connectivity index (χ0) is 12.4. The summed E-state index contributed by atoms with van der Waals surface area (Å²) in [6.45, 7) is 5.77. The molecule has 0 amide bonds. The van der Waals surface area contributed by atoms with Crippen molar-refractivity contribution >= 4 is 0 Å². The van der Waals surface area contributed by atoms with Gasteiger partial charge in [-0.15, -0.1) is 0 Å². The Hall–Kier alpha value is -0.160. The van der Waals surface area contributed by atoms with Gasteiger partial charge < -0.3 is 19.7 Å². The molecule has 100 valence electrons. The maximum atomic E-state index is 12.6. The third-order valence-electron chi connectivity index (χ3n) is 4.71. The van der Waals surface area contributed by atoms with Gasteiger partial charge >= 0.3 is 0 Å². The fourth-order valence-corrected chi connectivity index (χ4v) is 3.28. The van der Waals surface area contributed by atoms with Crippen molar-refractivity contribution in [2.24, 2.45) is 0 Å². The number of hydroxylamine groups is 6. The Morgan fingerprint density at radius 2 is 1.41 bits per heavy atom. The van der Waals surface area contributed by atoms with Crippen molar-refractivity contribution < 1.29 is 9.29 Å². The van der Waals surface area contributed by atoms with Crippen LogP contribution in [-0.4, -0.2) is 48.1 Å². The second-order valence-corrected chi connectivity index (χ2v) is 6.03. The monoisotopic (exact) mass is 242 g/mol. The lowest BCUT2D eigenvalue weighted by Gasteiger charge is -2.51. The van der Waals surface area contributed by atoms with Crippen LogP contribution in [0.4, 0.5) is 0 Å². The lowest BCUT2D eigenvalue weighted by atomic mass is 10.1. The molecule has 0 spiro atoms. The summed E-state index contributed by atoms with van der Waals surface area (Å²) in [5.74, 6) is 0. The van der Waals surface area contributed by atoms with Crippen LogP contribution in [0.5, 0.6) is 0 Å². The largest absolute Gasteiger partial charge is 0.633 e. The Kier molecular flexibility index (Phi) is 4.08. The molecule has 0 N–H and O–H groups in total. The van der Waals surface area contributed by atoms with Gasteiger partial charge in [0.2, 0.25) is 0 Å². The molecule has 2 heterocycles. The van der Waals surface area contributed by atoms with Crippen LogP contribution in [0.1, 0.15) is 45.4 Å². The molecular formula is C13H26N2O2. The first kappa shape index (κ1) is 13.3. The molecule has 1 unspecified atom stereocenters. The fraction of sp³-hybridized carbons (Fsp3) is 1.00. The lowest BCUT2D eigenvalue weighted by Crippen LogP contribution is -2.54.